The van der Waals surface area contributed by atoms with Crippen LogP contribution in [0.15, 0.2) is 54.6 Å². The zero-order chi connectivity index (χ0) is 14.9. The highest BCUT2D eigenvalue weighted by atomic mass is 16.5. The van der Waals surface area contributed by atoms with Gasteiger partial charge >= 0.3 is 0 Å². The van der Waals surface area contributed by atoms with Gasteiger partial charge in [0, 0.05) is 20.8 Å². The minimum atomic E-state index is 0.187. The standard InChI is InChI=1S/C18H23NO2/c1-20-13-17-11-7-6-10-16(17)12-19-18(14-21-2)15-8-4-3-5-9-15/h3-11,18-19H,12-14H2,1-2H3. The fraction of sp³-hybridized carbons (Fsp3) is 0.333. The molecule has 0 aliphatic heterocycles. The third-order valence-corrected chi connectivity index (χ3v) is 3.49. The number of hydrogen-bond acceptors (Lipinski definition) is 3. The maximum absolute atomic E-state index is 5.34. The monoisotopic (exact) mass is 285 g/mol. The molecule has 0 heterocycles. The molecule has 0 spiro atoms. The van der Waals surface area contributed by atoms with Gasteiger partial charge < -0.3 is 14.8 Å². The van der Waals surface area contributed by atoms with Crippen LogP contribution in [0.4, 0.5) is 0 Å². The van der Waals surface area contributed by atoms with E-state index in [1.165, 1.54) is 16.7 Å². The SMILES string of the molecule is COCc1ccccc1CNC(COC)c1ccccc1. The van der Waals surface area contributed by atoms with Gasteiger partial charge in [-0.1, -0.05) is 54.6 Å². The molecule has 3 nitrogen and oxygen atoms in total. The molecule has 0 aliphatic carbocycles. The van der Waals surface area contributed by atoms with Crippen LogP contribution in [0.3, 0.4) is 0 Å². The summed E-state index contributed by atoms with van der Waals surface area (Å²) in [4.78, 5) is 0. The molecule has 3 heteroatoms. The highest BCUT2D eigenvalue weighted by Gasteiger charge is 2.11. The number of hydrogen-bond donors (Lipinski definition) is 1. The molecule has 0 radical (unpaired) electrons. The van der Waals surface area contributed by atoms with E-state index in [0.29, 0.717) is 13.2 Å². The topological polar surface area (TPSA) is 30.5 Å². The van der Waals surface area contributed by atoms with Crippen molar-refractivity contribution in [1.82, 2.24) is 5.32 Å². The zero-order valence-electron chi connectivity index (χ0n) is 12.7. The van der Waals surface area contributed by atoms with E-state index in [4.69, 9.17) is 9.47 Å². The third-order valence-electron chi connectivity index (χ3n) is 3.49. The molecule has 0 saturated carbocycles. The van der Waals surface area contributed by atoms with Crippen molar-refractivity contribution in [3.05, 3.63) is 71.3 Å². The minimum absolute atomic E-state index is 0.187. The molecule has 112 valence electrons. The first-order valence-corrected chi connectivity index (χ1v) is 7.18. The smallest absolute Gasteiger partial charge is 0.0716 e. The molecule has 0 saturated heterocycles. The lowest BCUT2D eigenvalue weighted by atomic mass is 10.1. The molecule has 21 heavy (non-hydrogen) atoms. The molecule has 0 bridgehead atoms. The van der Waals surface area contributed by atoms with E-state index < -0.39 is 0 Å². The van der Waals surface area contributed by atoms with Crippen molar-refractivity contribution in [1.29, 1.82) is 0 Å². The fourth-order valence-corrected chi connectivity index (χ4v) is 2.38. The maximum Gasteiger partial charge on any atom is 0.0716 e. The van der Waals surface area contributed by atoms with Gasteiger partial charge in [-0.05, 0) is 16.7 Å². The average molecular weight is 285 g/mol. The predicted molar refractivity (Wildman–Crippen MR) is 85.1 cm³/mol. The lowest BCUT2D eigenvalue weighted by molar-refractivity contribution is 0.165. The summed E-state index contributed by atoms with van der Waals surface area (Å²) in [7, 11) is 3.46. The Balaban J connectivity index is 2.05. The van der Waals surface area contributed by atoms with E-state index in [1.54, 1.807) is 14.2 Å². The largest absolute Gasteiger partial charge is 0.383 e. The molecule has 2 aromatic rings. The lowest BCUT2D eigenvalue weighted by Gasteiger charge is -2.19. The summed E-state index contributed by atoms with van der Waals surface area (Å²) >= 11 is 0. The van der Waals surface area contributed by atoms with Gasteiger partial charge in [0.25, 0.3) is 0 Å². The van der Waals surface area contributed by atoms with Crippen molar-refractivity contribution in [3.63, 3.8) is 0 Å². The quantitative estimate of drug-likeness (QED) is 0.807. The molecular weight excluding hydrogens is 262 g/mol. The van der Waals surface area contributed by atoms with Crippen LogP contribution in [0.5, 0.6) is 0 Å². The predicted octanol–water partition coefficient (Wildman–Crippen LogP) is 3.31. The van der Waals surface area contributed by atoms with E-state index in [9.17, 15) is 0 Å². The van der Waals surface area contributed by atoms with Gasteiger partial charge in [-0.2, -0.15) is 0 Å². The molecule has 1 unspecified atom stereocenters. The second-order valence-corrected chi connectivity index (χ2v) is 5.00. The van der Waals surface area contributed by atoms with Crippen LogP contribution in [0.1, 0.15) is 22.7 Å². The summed E-state index contributed by atoms with van der Waals surface area (Å²) in [5, 5.41) is 3.57. The van der Waals surface area contributed by atoms with E-state index >= 15 is 0 Å². The molecule has 0 fully saturated rings. The zero-order valence-corrected chi connectivity index (χ0v) is 12.7. The summed E-state index contributed by atoms with van der Waals surface area (Å²) < 4.78 is 10.6. The Bertz CT molecular complexity index is 528. The number of methoxy groups -OCH3 is 2. The van der Waals surface area contributed by atoms with Gasteiger partial charge in [0.1, 0.15) is 0 Å². The minimum Gasteiger partial charge on any atom is -0.383 e. The Morgan fingerprint density at radius 2 is 1.52 bits per heavy atom. The Morgan fingerprint density at radius 3 is 2.19 bits per heavy atom. The van der Waals surface area contributed by atoms with Gasteiger partial charge in [-0.25, -0.2) is 0 Å². The number of ether oxygens (including phenoxy) is 2. The Kier molecular flexibility index (Phi) is 6.41. The van der Waals surface area contributed by atoms with Crippen LogP contribution in [-0.2, 0) is 22.6 Å². The molecule has 0 aromatic heterocycles. The highest BCUT2D eigenvalue weighted by molar-refractivity contribution is 5.27. The Morgan fingerprint density at radius 1 is 0.857 bits per heavy atom. The number of nitrogens with one attached hydrogen (secondary N) is 1. The molecule has 0 aliphatic rings. The third kappa shape index (κ3) is 4.67. The normalized spacial score (nSPS) is 12.3. The summed E-state index contributed by atoms with van der Waals surface area (Å²) in [5.74, 6) is 0. The van der Waals surface area contributed by atoms with Gasteiger partial charge in [0.2, 0.25) is 0 Å². The lowest BCUT2D eigenvalue weighted by Crippen LogP contribution is -2.25. The van der Waals surface area contributed by atoms with Gasteiger partial charge in [-0.3, -0.25) is 0 Å². The summed E-state index contributed by atoms with van der Waals surface area (Å²) in [6.45, 7) is 2.08. The van der Waals surface area contributed by atoms with Crippen molar-refractivity contribution in [2.75, 3.05) is 20.8 Å². The highest BCUT2D eigenvalue weighted by Crippen LogP contribution is 2.15. The van der Waals surface area contributed by atoms with E-state index in [1.807, 2.05) is 12.1 Å². The molecule has 0 amide bonds. The second-order valence-electron chi connectivity index (χ2n) is 5.00. The molecular formula is C18H23NO2. The Labute approximate surface area is 126 Å². The van der Waals surface area contributed by atoms with Crippen molar-refractivity contribution in [2.45, 2.75) is 19.2 Å². The first-order valence-electron chi connectivity index (χ1n) is 7.18. The van der Waals surface area contributed by atoms with Crippen molar-refractivity contribution in [3.8, 4) is 0 Å². The second kappa shape index (κ2) is 8.57. The van der Waals surface area contributed by atoms with Crippen molar-refractivity contribution in [2.24, 2.45) is 0 Å². The first kappa shape index (κ1) is 15.7. The van der Waals surface area contributed by atoms with Crippen LogP contribution < -0.4 is 5.32 Å². The van der Waals surface area contributed by atoms with E-state index in [-0.39, 0.29) is 6.04 Å². The maximum atomic E-state index is 5.34. The van der Waals surface area contributed by atoms with Crippen LogP contribution in [0.2, 0.25) is 0 Å². The van der Waals surface area contributed by atoms with Crippen molar-refractivity contribution < 1.29 is 9.47 Å². The summed E-state index contributed by atoms with van der Waals surface area (Å²) in [6, 6.07) is 18.9. The summed E-state index contributed by atoms with van der Waals surface area (Å²) in [6.07, 6.45) is 0. The van der Waals surface area contributed by atoms with Crippen molar-refractivity contribution >= 4 is 0 Å². The number of rotatable bonds is 8. The van der Waals surface area contributed by atoms with Gasteiger partial charge in [0.15, 0.2) is 0 Å². The first-order chi connectivity index (χ1) is 10.3. The van der Waals surface area contributed by atoms with Crippen LogP contribution in [0.25, 0.3) is 0 Å². The van der Waals surface area contributed by atoms with Crippen LogP contribution in [0, 0.1) is 0 Å². The van der Waals surface area contributed by atoms with Crippen LogP contribution in [-0.4, -0.2) is 20.8 Å². The van der Waals surface area contributed by atoms with Gasteiger partial charge in [0.05, 0.1) is 19.3 Å². The Hall–Kier alpha value is -1.68. The van der Waals surface area contributed by atoms with Crippen LogP contribution >= 0.6 is 0 Å². The molecule has 1 atom stereocenters. The molecule has 2 aromatic carbocycles. The average Bonchev–Trinajstić information content (AvgIpc) is 2.54. The van der Waals surface area contributed by atoms with E-state index in [0.717, 1.165) is 6.54 Å². The fourth-order valence-electron chi connectivity index (χ4n) is 2.38. The van der Waals surface area contributed by atoms with E-state index in [2.05, 4.69) is 47.8 Å². The molecule has 2 rings (SSSR count). The number of benzene rings is 2. The molecule has 1 N–H and O–H groups in total. The van der Waals surface area contributed by atoms with Gasteiger partial charge in [-0.15, -0.1) is 0 Å². The summed E-state index contributed by atoms with van der Waals surface area (Å²) in [5.41, 5.74) is 3.72.